The Morgan fingerprint density at radius 1 is 0.686 bits per heavy atom. The van der Waals surface area contributed by atoms with Crippen LogP contribution < -0.4 is 0 Å². The summed E-state index contributed by atoms with van der Waals surface area (Å²) in [6.07, 6.45) is 6.33. The van der Waals surface area contributed by atoms with E-state index in [2.05, 4.69) is 49.7 Å². The zero-order chi connectivity index (χ0) is 24.9. The van der Waals surface area contributed by atoms with Gasteiger partial charge in [-0.15, -0.1) is 0 Å². The highest BCUT2D eigenvalue weighted by molar-refractivity contribution is 5.51. The topological polar surface area (TPSA) is 0 Å². The van der Waals surface area contributed by atoms with Gasteiger partial charge in [-0.25, -0.2) is 8.78 Å². The van der Waals surface area contributed by atoms with Crippen LogP contribution in [0.25, 0.3) is 0 Å². The van der Waals surface area contributed by atoms with Crippen LogP contribution in [0.2, 0.25) is 0 Å². The normalized spacial score (nSPS) is 17.2. The maximum absolute atomic E-state index is 14.7. The molecule has 0 atom stereocenters. The molecule has 1 fully saturated rings. The fraction of sp³-hybridized carbons (Fsp3) is 0.333. The third-order valence-electron chi connectivity index (χ3n) is 7.27. The highest BCUT2D eigenvalue weighted by Crippen LogP contribution is 2.30. The first kappa shape index (κ1) is 24.8. The number of aryl methyl sites for hydroxylation is 2. The quantitative estimate of drug-likeness (QED) is 0.335. The summed E-state index contributed by atoms with van der Waals surface area (Å²) in [5.41, 5.74) is 6.47. The molecule has 0 unspecified atom stereocenters. The average molecular weight is 467 g/mol. The van der Waals surface area contributed by atoms with Gasteiger partial charge in [0.2, 0.25) is 0 Å². The van der Waals surface area contributed by atoms with Crippen LogP contribution in [0.3, 0.4) is 0 Å². The third kappa shape index (κ3) is 6.41. The Hall–Kier alpha value is -3.36. The minimum Gasteiger partial charge on any atom is -0.205 e. The Kier molecular flexibility index (Phi) is 7.73. The highest BCUT2D eigenvalue weighted by Gasteiger charge is 2.18. The van der Waals surface area contributed by atoms with Gasteiger partial charge < -0.3 is 0 Å². The average Bonchev–Trinajstić information content (AvgIpc) is 2.83. The van der Waals surface area contributed by atoms with E-state index in [-0.39, 0.29) is 5.56 Å². The molecule has 0 spiro atoms. The molecule has 35 heavy (non-hydrogen) atoms. The molecule has 0 bridgehead atoms. The zero-order valence-electron chi connectivity index (χ0n) is 21.1. The number of rotatable bonds is 2. The van der Waals surface area contributed by atoms with E-state index < -0.39 is 11.6 Å². The molecule has 0 aromatic heterocycles. The van der Waals surface area contributed by atoms with Crippen LogP contribution in [0.15, 0.2) is 48.5 Å². The molecule has 4 rings (SSSR count). The van der Waals surface area contributed by atoms with Crippen LogP contribution in [0, 0.1) is 67.9 Å². The van der Waals surface area contributed by atoms with Crippen molar-refractivity contribution < 1.29 is 8.78 Å². The van der Waals surface area contributed by atoms with Crippen molar-refractivity contribution in [3.63, 3.8) is 0 Å². The number of hydrogen-bond acceptors (Lipinski definition) is 0. The summed E-state index contributed by atoms with van der Waals surface area (Å²) in [5, 5.41) is 0. The van der Waals surface area contributed by atoms with Crippen molar-refractivity contribution >= 4 is 0 Å². The van der Waals surface area contributed by atoms with E-state index in [0.29, 0.717) is 5.56 Å². The number of hydrogen-bond donors (Lipinski definition) is 0. The summed E-state index contributed by atoms with van der Waals surface area (Å²) in [5.74, 6) is 11.7. The Labute approximate surface area is 208 Å². The van der Waals surface area contributed by atoms with Crippen LogP contribution in [0.4, 0.5) is 8.78 Å². The summed E-state index contributed by atoms with van der Waals surface area (Å²) >= 11 is 0. The van der Waals surface area contributed by atoms with Crippen LogP contribution in [-0.4, -0.2) is 0 Å². The van der Waals surface area contributed by atoms with Gasteiger partial charge in [0.15, 0.2) is 0 Å². The second-order valence-electron chi connectivity index (χ2n) is 10.1. The molecule has 3 aromatic rings. The van der Waals surface area contributed by atoms with Crippen LogP contribution in [-0.2, 0) is 6.42 Å². The van der Waals surface area contributed by atoms with E-state index >= 15 is 0 Å². The van der Waals surface area contributed by atoms with Gasteiger partial charge in [0.05, 0.1) is 5.56 Å². The molecule has 1 saturated carbocycles. The van der Waals surface area contributed by atoms with Crippen LogP contribution in [0.1, 0.15) is 77.1 Å². The van der Waals surface area contributed by atoms with E-state index in [1.54, 1.807) is 0 Å². The molecule has 0 heterocycles. The van der Waals surface area contributed by atoms with E-state index in [1.807, 2.05) is 38.1 Å². The van der Waals surface area contributed by atoms with Gasteiger partial charge in [0.25, 0.3) is 0 Å². The van der Waals surface area contributed by atoms with Gasteiger partial charge in [-0.05, 0) is 111 Å². The summed E-state index contributed by atoms with van der Waals surface area (Å²) in [6.45, 7) is 8.47. The molecule has 0 radical (unpaired) electrons. The molecular formula is C33H32F2. The standard InChI is InChI=1S/C33H32F2/c1-22-5-7-27(8-6-22)19-28-11-9-26(10-12-28)15-16-31-32(34)20-30(21-33(31)35)14-13-29-17-23(2)25(4)24(3)18-29/h9-12,17-18,20-22,27H,5-8,19H2,1-4H3. The molecule has 0 nitrogen and oxygen atoms in total. The van der Waals surface area contributed by atoms with Gasteiger partial charge in [-0.3, -0.25) is 0 Å². The first-order valence-corrected chi connectivity index (χ1v) is 12.5. The Morgan fingerprint density at radius 3 is 1.77 bits per heavy atom. The largest absolute Gasteiger partial charge is 0.205 e. The lowest BCUT2D eigenvalue weighted by Gasteiger charge is -2.26. The summed E-state index contributed by atoms with van der Waals surface area (Å²) in [6, 6.07) is 14.5. The predicted octanol–water partition coefficient (Wildman–Crippen LogP) is 8.06. The number of halogens is 2. The van der Waals surface area contributed by atoms with Crippen molar-refractivity contribution in [2.75, 3.05) is 0 Å². The SMILES string of the molecule is Cc1cc(C#Cc2cc(F)c(C#Cc3ccc(CC4CCC(C)CC4)cc3)c(F)c2)cc(C)c1C. The molecular weight excluding hydrogens is 434 g/mol. The van der Waals surface area contributed by atoms with E-state index in [4.69, 9.17) is 0 Å². The lowest BCUT2D eigenvalue weighted by atomic mass is 9.80. The second-order valence-corrected chi connectivity index (χ2v) is 10.1. The van der Waals surface area contributed by atoms with Crippen molar-refractivity contribution in [1.82, 2.24) is 0 Å². The molecule has 1 aliphatic rings. The lowest BCUT2D eigenvalue weighted by molar-refractivity contribution is 0.289. The molecule has 2 heteroatoms. The fourth-order valence-corrected chi connectivity index (χ4v) is 4.74. The zero-order valence-corrected chi connectivity index (χ0v) is 21.1. The van der Waals surface area contributed by atoms with Gasteiger partial charge in [0.1, 0.15) is 11.6 Å². The van der Waals surface area contributed by atoms with Crippen molar-refractivity contribution in [1.29, 1.82) is 0 Å². The highest BCUT2D eigenvalue weighted by atomic mass is 19.1. The van der Waals surface area contributed by atoms with E-state index in [9.17, 15) is 8.78 Å². The monoisotopic (exact) mass is 466 g/mol. The van der Waals surface area contributed by atoms with Gasteiger partial charge >= 0.3 is 0 Å². The first-order chi connectivity index (χ1) is 16.8. The molecule has 3 aromatic carbocycles. The second kappa shape index (κ2) is 10.9. The molecule has 0 saturated heterocycles. The fourth-order valence-electron chi connectivity index (χ4n) is 4.74. The summed E-state index contributed by atoms with van der Waals surface area (Å²) in [7, 11) is 0. The smallest absolute Gasteiger partial charge is 0.143 e. The first-order valence-electron chi connectivity index (χ1n) is 12.5. The van der Waals surface area contributed by atoms with Crippen LogP contribution in [0.5, 0.6) is 0 Å². The minimum absolute atomic E-state index is 0.224. The molecule has 1 aliphatic carbocycles. The predicted molar refractivity (Wildman–Crippen MR) is 140 cm³/mol. The maximum Gasteiger partial charge on any atom is 0.143 e. The third-order valence-corrected chi connectivity index (χ3v) is 7.27. The van der Waals surface area contributed by atoms with Crippen molar-refractivity contribution in [3.8, 4) is 23.7 Å². The molecule has 0 amide bonds. The summed E-state index contributed by atoms with van der Waals surface area (Å²) < 4.78 is 29.3. The van der Waals surface area contributed by atoms with Crippen LogP contribution >= 0.6 is 0 Å². The lowest BCUT2D eigenvalue weighted by Crippen LogP contribution is -2.14. The van der Waals surface area contributed by atoms with Crippen molar-refractivity contribution in [2.45, 2.75) is 59.8 Å². The molecule has 178 valence electrons. The maximum atomic E-state index is 14.7. The van der Waals surface area contributed by atoms with Gasteiger partial charge in [0, 0.05) is 16.7 Å². The summed E-state index contributed by atoms with van der Waals surface area (Å²) in [4.78, 5) is 0. The van der Waals surface area contributed by atoms with Crippen molar-refractivity contribution in [3.05, 3.63) is 105 Å². The van der Waals surface area contributed by atoms with Gasteiger partial charge in [-0.2, -0.15) is 0 Å². The molecule has 0 aliphatic heterocycles. The Bertz CT molecular complexity index is 1290. The van der Waals surface area contributed by atoms with Crippen molar-refractivity contribution in [2.24, 2.45) is 11.8 Å². The Morgan fingerprint density at radius 2 is 1.20 bits per heavy atom. The molecule has 0 N–H and O–H groups in total. The minimum atomic E-state index is -0.693. The van der Waals surface area contributed by atoms with E-state index in [0.717, 1.165) is 40.5 Å². The Balaban J connectivity index is 1.46. The number of benzene rings is 3. The van der Waals surface area contributed by atoms with Gasteiger partial charge in [-0.1, -0.05) is 55.6 Å². The van der Waals surface area contributed by atoms with E-state index in [1.165, 1.54) is 48.9 Å².